The summed E-state index contributed by atoms with van der Waals surface area (Å²) >= 11 is 0. The monoisotopic (exact) mass is 230 g/mol. The van der Waals surface area contributed by atoms with Gasteiger partial charge in [-0.3, -0.25) is 0 Å². The molecule has 5 nitrogen and oxygen atoms in total. The lowest BCUT2D eigenvalue weighted by atomic mass is 10.00. The first kappa shape index (κ1) is 14.6. The molecule has 0 unspecified atom stereocenters. The topological polar surface area (TPSA) is 79.0 Å². The van der Waals surface area contributed by atoms with E-state index >= 15 is 0 Å². The number of nitrogens with one attached hydrogen (secondary N) is 1. The van der Waals surface area contributed by atoms with E-state index in [1.807, 2.05) is 0 Å². The second-order valence-corrected chi connectivity index (χ2v) is 4.15. The number of piperidine rings is 1. The van der Waals surface area contributed by atoms with Crippen molar-refractivity contribution in [1.82, 2.24) is 0 Å². The van der Waals surface area contributed by atoms with Crippen molar-refractivity contribution in [2.45, 2.75) is 19.8 Å². The van der Waals surface area contributed by atoms with Crippen LogP contribution in [-0.2, 0) is 9.59 Å². The minimum atomic E-state index is -1.26. The van der Waals surface area contributed by atoms with E-state index in [1.54, 1.807) is 4.90 Å². The average molecular weight is 230 g/mol. The zero-order valence-corrected chi connectivity index (χ0v) is 9.77. The fourth-order valence-electron chi connectivity index (χ4n) is 1.40. The summed E-state index contributed by atoms with van der Waals surface area (Å²) in [7, 11) is 2.28. The highest BCUT2D eigenvalue weighted by molar-refractivity contribution is 5.89. The Hall–Kier alpha value is -1.36. The van der Waals surface area contributed by atoms with Gasteiger partial charge in [0.05, 0.1) is 20.1 Å². The summed E-state index contributed by atoms with van der Waals surface area (Å²) in [5, 5.41) is 15.6. The zero-order valence-electron chi connectivity index (χ0n) is 9.77. The van der Waals surface area contributed by atoms with Crippen LogP contribution in [0.2, 0.25) is 0 Å². The molecule has 1 heterocycles. The Balaban J connectivity index is 0.000000281. The van der Waals surface area contributed by atoms with Crippen LogP contribution in [0.25, 0.3) is 0 Å². The summed E-state index contributed by atoms with van der Waals surface area (Å²) in [6.45, 7) is 5.13. The summed E-state index contributed by atoms with van der Waals surface area (Å²) in [5.41, 5.74) is 0. The van der Waals surface area contributed by atoms with Gasteiger partial charge in [-0.25, -0.2) is 9.59 Å². The summed E-state index contributed by atoms with van der Waals surface area (Å²) in [4.78, 5) is 20.8. The van der Waals surface area contributed by atoms with Gasteiger partial charge in [0.1, 0.15) is 0 Å². The zero-order chi connectivity index (χ0) is 12.6. The maximum Gasteiger partial charge on any atom is 0.328 e. The molecule has 0 atom stereocenters. The van der Waals surface area contributed by atoms with Gasteiger partial charge in [-0.1, -0.05) is 6.92 Å². The first-order chi connectivity index (χ1) is 7.41. The van der Waals surface area contributed by atoms with Gasteiger partial charge < -0.3 is 15.1 Å². The number of quaternary nitrogens is 1. The molecule has 0 bridgehead atoms. The fraction of sp³-hybridized carbons (Fsp3) is 0.636. The molecule has 1 saturated heterocycles. The normalized spacial score (nSPS) is 24.6. The number of rotatable bonds is 2. The Kier molecular flexibility index (Phi) is 7.20. The highest BCUT2D eigenvalue weighted by atomic mass is 16.4. The Morgan fingerprint density at radius 2 is 1.50 bits per heavy atom. The molecule has 0 radical (unpaired) electrons. The summed E-state index contributed by atoms with van der Waals surface area (Å²) in [6.07, 6.45) is 3.99. The molecule has 1 aliphatic rings. The first-order valence-corrected chi connectivity index (χ1v) is 5.37. The van der Waals surface area contributed by atoms with Crippen LogP contribution in [0, 0.1) is 5.92 Å². The highest BCUT2D eigenvalue weighted by Gasteiger charge is 2.13. The van der Waals surface area contributed by atoms with Crippen molar-refractivity contribution in [2.75, 3.05) is 20.1 Å². The predicted octanol–water partition coefficient (Wildman–Crippen LogP) is -0.357. The maximum atomic E-state index is 9.55. The third kappa shape index (κ3) is 9.21. The number of aliphatic carboxylic acids is 2. The van der Waals surface area contributed by atoms with Gasteiger partial charge in [0.2, 0.25) is 0 Å². The molecule has 0 aromatic heterocycles. The predicted molar refractivity (Wildman–Crippen MR) is 59.4 cm³/mol. The summed E-state index contributed by atoms with van der Waals surface area (Å²) < 4.78 is 0. The SMILES string of the molecule is CC1CC[NH+](C)CC1.O=C(O)/C=C/C(=O)O. The molecule has 0 spiro atoms. The molecular weight excluding hydrogens is 210 g/mol. The Labute approximate surface area is 95.4 Å². The van der Waals surface area contributed by atoms with E-state index in [-0.39, 0.29) is 0 Å². The van der Waals surface area contributed by atoms with E-state index in [9.17, 15) is 9.59 Å². The standard InChI is InChI=1S/C7H15N.C4H4O4/c1-7-3-5-8(2)6-4-7;5-3(6)1-2-4(7)8/h7H,3-6H2,1-2H3;1-2H,(H,5,6)(H,7,8)/p+1/b;2-1+. The first-order valence-electron chi connectivity index (χ1n) is 5.37. The van der Waals surface area contributed by atoms with Crippen molar-refractivity contribution in [3.63, 3.8) is 0 Å². The third-order valence-corrected chi connectivity index (χ3v) is 2.50. The number of hydrogen-bond acceptors (Lipinski definition) is 2. The van der Waals surface area contributed by atoms with Gasteiger partial charge in [-0.2, -0.15) is 0 Å². The van der Waals surface area contributed by atoms with Gasteiger partial charge in [0.25, 0.3) is 0 Å². The van der Waals surface area contributed by atoms with Crippen molar-refractivity contribution < 1.29 is 24.7 Å². The van der Waals surface area contributed by atoms with Crippen LogP contribution in [0.3, 0.4) is 0 Å². The van der Waals surface area contributed by atoms with Crippen LogP contribution in [0.15, 0.2) is 12.2 Å². The summed E-state index contributed by atoms with van der Waals surface area (Å²) in [6, 6.07) is 0. The molecule has 16 heavy (non-hydrogen) atoms. The van der Waals surface area contributed by atoms with Gasteiger partial charge >= 0.3 is 11.9 Å². The molecule has 5 heteroatoms. The maximum absolute atomic E-state index is 9.55. The number of hydrogen-bond donors (Lipinski definition) is 3. The van der Waals surface area contributed by atoms with Crippen LogP contribution < -0.4 is 4.90 Å². The molecule has 92 valence electrons. The number of carbonyl (C=O) groups is 2. The average Bonchev–Trinajstić information content (AvgIpc) is 2.20. The van der Waals surface area contributed by atoms with E-state index in [4.69, 9.17) is 10.2 Å². The van der Waals surface area contributed by atoms with Crippen molar-refractivity contribution in [1.29, 1.82) is 0 Å². The molecule has 1 rings (SSSR count). The van der Waals surface area contributed by atoms with Gasteiger partial charge in [0, 0.05) is 12.2 Å². The minimum Gasteiger partial charge on any atom is -0.478 e. The van der Waals surface area contributed by atoms with E-state index < -0.39 is 11.9 Å². The molecule has 1 aliphatic heterocycles. The Morgan fingerprint density at radius 1 is 1.12 bits per heavy atom. The van der Waals surface area contributed by atoms with E-state index in [2.05, 4.69) is 14.0 Å². The molecule has 0 aromatic rings. The third-order valence-electron chi connectivity index (χ3n) is 2.50. The van der Waals surface area contributed by atoms with Gasteiger partial charge in [-0.15, -0.1) is 0 Å². The lowest BCUT2D eigenvalue weighted by Gasteiger charge is -2.23. The number of carboxylic acids is 2. The van der Waals surface area contributed by atoms with Crippen molar-refractivity contribution in [3.05, 3.63) is 12.2 Å². The molecule has 0 aliphatic carbocycles. The largest absolute Gasteiger partial charge is 0.478 e. The van der Waals surface area contributed by atoms with Crippen molar-refractivity contribution in [2.24, 2.45) is 5.92 Å². The van der Waals surface area contributed by atoms with Crippen LogP contribution in [0.4, 0.5) is 0 Å². The quantitative estimate of drug-likeness (QED) is 0.566. The number of likely N-dealkylation sites (tertiary alicyclic amines) is 1. The van der Waals surface area contributed by atoms with Crippen molar-refractivity contribution >= 4 is 11.9 Å². The Morgan fingerprint density at radius 3 is 1.75 bits per heavy atom. The van der Waals surface area contributed by atoms with Gasteiger partial charge in [0.15, 0.2) is 0 Å². The van der Waals surface area contributed by atoms with Crippen LogP contribution >= 0.6 is 0 Å². The minimum absolute atomic E-state index is 0.558. The van der Waals surface area contributed by atoms with E-state index in [1.165, 1.54) is 25.9 Å². The molecule has 0 aromatic carbocycles. The molecule has 1 fully saturated rings. The van der Waals surface area contributed by atoms with Gasteiger partial charge in [-0.05, 0) is 18.8 Å². The molecule has 3 N–H and O–H groups in total. The molecular formula is C11H20NO4+. The second-order valence-electron chi connectivity index (χ2n) is 4.15. The molecule has 0 saturated carbocycles. The summed E-state index contributed by atoms with van der Waals surface area (Å²) in [5.74, 6) is -1.52. The van der Waals surface area contributed by atoms with E-state index in [0.29, 0.717) is 12.2 Å². The lowest BCUT2D eigenvalue weighted by molar-refractivity contribution is -0.885. The highest BCUT2D eigenvalue weighted by Crippen LogP contribution is 2.05. The molecule has 0 amide bonds. The lowest BCUT2D eigenvalue weighted by Crippen LogP contribution is -3.10. The Bertz CT molecular complexity index is 229. The van der Waals surface area contributed by atoms with Crippen LogP contribution in [0.1, 0.15) is 19.8 Å². The van der Waals surface area contributed by atoms with E-state index in [0.717, 1.165) is 5.92 Å². The van der Waals surface area contributed by atoms with Crippen LogP contribution in [-0.4, -0.2) is 42.3 Å². The number of carboxylic acid groups (broad SMARTS) is 2. The smallest absolute Gasteiger partial charge is 0.328 e. The van der Waals surface area contributed by atoms with Crippen LogP contribution in [0.5, 0.6) is 0 Å². The second kappa shape index (κ2) is 7.87. The fourth-order valence-corrected chi connectivity index (χ4v) is 1.40. The van der Waals surface area contributed by atoms with Crippen molar-refractivity contribution in [3.8, 4) is 0 Å².